The third-order valence-corrected chi connectivity index (χ3v) is 11.0. The molecule has 2 aliphatic rings. The number of nitrogens with zero attached hydrogens (tertiary/aromatic N) is 1. The van der Waals surface area contributed by atoms with Crippen molar-refractivity contribution in [3.05, 3.63) is 59.7 Å². The fraction of sp³-hybridized carbons (Fsp3) is 0.444. The van der Waals surface area contributed by atoms with Crippen LogP contribution in [-0.2, 0) is 24.6 Å². The van der Waals surface area contributed by atoms with Gasteiger partial charge in [0.2, 0.25) is 10.0 Å². The molecule has 2 aromatic rings. The Bertz CT molecular complexity index is 1550. The molecule has 1 amide bonds. The van der Waals surface area contributed by atoms with Gasteiger partial charge in [0.1, 0.15) is 4.75 Å². The number of carbonyl (C=O) groups excluding carboxylic acids is 1. The molecular weight excluding hydrogens is 564 g/mol. The van der Waals surface area contributed by atoms with E-state index in [9.17, 15) is 30.4 Å². The molecule has 0 atom stereocenters. The van der Waals surface area contributed by atoms with Crippen LogP contribution in [0.5, 0.6) is 0 Å². The number of nitrogens with one attached hydrogen (secondary N) is 2. The van der Waals surface area contributed by atoms with Gasteiger partial charge in [-0.3, -0.25) is 4.79 Å². The zero-order valence-electron chi connectivity index (χ0n) is 22.8. The number of anilines is 2. The first-order valence-corrected chi connectivity index (χ1v) is 15.7. The number of rotatable bonds is 7. The summed E-state index contributed by atoms with van der Waals surface area (Å²) in [5, 5.41) is 2.69. The van der Waals surface area contributed by atoms with Gasteiger partial charge < -0.3 is 15.0 Å². The number of ether oxygens (including phenoxy) is 1. The standard InChI is InChI=1S/C27H33F2N3O6S2/c1-26(2,3)31-40(36,37)21-7-5-6-19(14-21)30-25(33)22-9-8-20(39(34,35)27(4)16-38-17-27)15-23(22)32-12-10-18(11-13-32)24(28)29/h5-9,14-15,31H,10-13,16-17H2,1-4H3,(H,30,33). The van der Waals surface area contributed by atoms with Crippen molar-refractivity contribution in [2.24, 2.45) is 0 Å². The average Bonchev–Trinajstić information content (AvgIpc) is 2.85. The van der Waals surface area contributed by atoms with Crippen molar-refractivity contribution in [2.45, 2.75) is 60.6 Å². The van der Waals surface area contributed by atoms with Crippen LogP contribution in [0.3, 0.4) is 0 Å². The topological polar surface area (TPSA) is 122 Å². The minimum absolute atomic E-state index is 0.00389. The van der Waals surface area contributed by atoms with Gasteiger partial charge >= 0.3 is 0 Å². The molecule has 0 bridgehead atoms. The van der Waals surface area contributed by atoms with Crippen LogP contribution < -0.4 is 14.9 Å². The first kappa shape index (κ1) is 30.1. The maximum atomic E-state index is 13.5. The van der Waals surface area contributed by atoms with E-state index < -0.39 is 42.1 Å². The lowest BCUT2D eigenvalue weighted by Gasteiger charge is -2.37. The van der Waals surface area contributed by atoms with Gasteiger partial charge in [-0.05, 0) is 82.5 Å². The van der Waals surface area contributed by atoms with Gasteiger partial charge in [-0.1, -0.05) is 6.07 Å². The molecule has 0 aliphatic carbocycles. The first-order chi connectivity index (χ1) is 18.5. The predicted octanol–water partition coefficient (Wildman–Crippen LogP) is 4.33. The maximum absolute atomic E-state index is 13.5. The SMILES string of the molecule is CC(C)(C)NS(=O)(=O)c1cccc(NC(=O)c2ccc(S(=O)(=O)C3(C)COC3)cc2N2CCC(=C(F)F)CC2)c1. The van der Waals surface area contributed by atoms with E-state index in [1.165, 1.54) is 42.5 Å². The molecule has 2 heterocycles. The Morgan fingerprint density at radius 2 is 1.62 bits per heavy atom. The third-order valence-electron chi connectivity index (χ3n) is 6.81. The Morgan fingerprint density at radius 1 is 0.975 bits per heavy atom. The maximum Gasteiger partial charge on any atom is 0.269 e. The third kappa shape index (κ3) is 6.22. The highest BCUT2D eigenvalue weighted by Crippen LogP contribution is 2.36. The van der Waals surface area contributed by atoms with Crippen molar-refractivity contribution < 1.29 is 35.1 Å². The predicted molar refractivity (Wildman–Crippen MR) is 148 cm³/mol. The van der Waals surface area contributed by atoms with Crippen LogP contribution in [0.4, 0.5) is 20.2 Å². The van der Waals surface area contributed by atoms with Gasteiger partial charge in [-0.25, -0.2) is 21.6 Å². The first-order valence-electron chi connectivity index (χ1n) is 12.7. The molecule has 0 saturated carbocycles. The lowest BCUT2D eigenvalue weighted by molar-refractivity contribution is -0.00490. The number of amides is 1. The molecular formula is C27H33F2N3O6S2. The fourth-order valence-electron chi connectivity index (χ4n) is 4.57. The minimum Gasteiger partial charge on any atom is -0.378 e. The molecule has 0 aromatic heterocycles. The van der Waals surface area contributed by atoms with Crippen LogP contribution in [-0.4, -0.2) is 59.3 Å². The average molecular weight is 598 g/mol. The van der Waals surface area contributed by atoms with Gasteiger partial charge in [-0.15, -0.1) is 0 Å². The number of hydrogen-bond acceptors (Lipinski definition) is 7. The zero-order chi connectivity index (χ0) is 29.5. The van der Waals surface area contributed by atoms with Crippen LogP contribution >= 0.6 is 0 Å². The normalized spacial score (nSPS) is 17.8. The van der Waals surface area contributed by atoms with Crippen LogP contribution in [0.15, 0.2) is 63.9 Å². The summed E-state index contributed by atoms with van der Waals surface area (Å²) in [6.07, 6.45) is -1.57. The minimum atomic E-state index is -3.86. The Kier molecular flexibility index (Phi) is 8.16. The molecule has 0 unspecified atom stereocenters. The number of carbonyl (C=O) groups is 1. The highest BCUT2D eigenvalue weighted by molar-refractivity contribution is 7.93. The van der Waals surface area contributed by atoms with E-state index in [-0.39, 0.29) is 65.8 Å². The quantitative estimate of drug-likeness (QED) is 0.487. The summed E-state index contributed by atoms with van der Waals surface area (Å²) in [5.74, 6) is -0.603. The van der Waals surface area contributed by atoms with Crippen LogP contribution in [0.2, 0.25) is 0 Å². The molecule has 0 radical (unpaired) electrons. The summed E-state index contributed by atoms with van der Waals surface area (Å²) in [6.45, 7) is 7.15. The molecule has 218 valence electrons. The number of benzene rings is 2. The Labute approximate surface area is 233 Å². The molecule has 0 spiro atoms. The van der Waals surface area contributed by atoms with Crippen molar-refractivity contribution in [3.63, 3.8) is 0 Å². The number of piperidine rings is 1. The second kappa shape index (κ2) is 10.8. The molecule has 9 nitrogen and oxygen atoms in total. The van der Waals surface area contributed by atoms with E-state index in [1.807, 2.05) is 0 Å². The highest BCUT2D eigenvalue weighted by Gasteiger charge is 2.47. The lowest BCUT2D eigenvalue weighted by Crippen LogP contribution is -2.53. The van der Waals surface area contributed by atoms with Crippen LogP contribution in [0, 0.1) is 0 Å². The van der Waals surface area contributed by atoms with Gasteiger partial charge in [-0.2, -0.15) is 8.78 Å². The van der Waals surface area contributed by atoms with Crippen molar-refractivity contribution in [2.75, 3.05) is 36.5 Å². The van der Waals surface area contributed by atoms with Gasteiger partial charge in [0.25, 0.3) is 12.0 Å². The van der Waals surface area contributed by atoms with E-state index in [0.717, 1.165) is 0 Å². The number of sulfonamides is 1. The Morgan fingerprint density at radius 3 is 2.17 bits per heavy atom. The monoisotopic (exact) mass is 597 g/mol. The van der Waals surface area contributed by atoms with E-state index in [0.29, 0.717) is 5.69 Å². The van der Waals surface area contributed by atoms with Crippen molar-refractivity contribution >= 4 is 37.1 Å². The molecule has 2 aliphatic heterocycles. The summed E-state index contributed by atoms with van der Waals surface area (Å²) in [5.41, 5.74) is -0.0483. The van der Waals surface area contributed by atoms with Crippen molar-refractivity contribution in [1.29, 1.82) is 0 Å². The van der Waals surface area contributed by atoms with E-state index >= 15 is 0 Å². The molecule has 2 aromatic carbocycles. The highest BCUT2D eigenvalue weighted by atomic mass is 32.2. The molecule has 2 fully saturated rings. The van der Waals surface area contributed by atoms with Gasteiger partial charge in [0.15, 0.2) is 9.84 Å². The fourth-order valence-corrected chi connectivity index (χ4v) is 7.59. The number of halogens is 2. The Hall–Kier alpha value is -2.87. The molecule has 2 N–H and O–H groups in total. The number of sulfone groups is 1. The zero-order valence-corrected chi connectivity index (χ0v) is 24.4. The van der Waals surface area contributed by atoms with Crippen LogP contribution in [0.1, 0.15) is 50.9 Å². The largest absolute Gasteiger partial charge is 0.378 e. The summed E-state index contributed by atoms with van der Waals surface area (Å²) in [6, 6.07) is 9.90. The van der Waals surface area contributed by atoms with Crippen LogP contribution in [0.25, 0.3) is 0 Å². The molecule has 4 rings (SSSR count). The van der Waals surface area contributed by atoms with Gasteiger partial charge in [0.05, 0.1) is 34.3 Å². The lowest BCUT2D eigenvalue weighted by atomic mass is 10.0. The summed E-state index contributed by atoms with van der Waals surface area (Å²) < 4.78 is 85.2. The smallest absolute Gasteiger partial charge is 0.269 e. The van der Waals surface area contributed by atoms with Gasteiger partial charge in [0, 0.05) is 24.3 Å². The summed E-state index contributed by atoms with van der Waals surface area (Å²) >= 11 is 0. The number of hydrogen-bond donors (Lipinski definition) is 2. The molecule has 13 heteroatoms. The summed E-state index contributed by atoms with van der Waals surface area (Å²) in [7, 11) is -7.68. The molecule has 40 heavy (non-hydrogen) atoms. The van der Waals surface area contributed by atoms with Crippen molar-refractivity contribution in [1.82, 2.24) is 4.72 Å². The van der Waals surface area contributed by atoms with E-state index in [4.69, 9.17) is 4.74 Å². The van der Waals surface area contributed by atoms with E-state index in [2.05, 4.69) is 10.0 Å². The second-order valence-electron chi connectivity index (χ2n) is 11.3. The van der Waals surface area contributed by atoms with Crippen molar-refractivity contribution in [3.8, 4) is 0 Å². The second-order valence-corrected chi connectivity index (χ2v) is 15.5. The summed E-state index contributed by atoms with van der Waals surface area (Å²) in [4.78, 5) is 15.1. The molecule has 2 saturated heterocycles. The Balaban J connectivity index is 1.68. The van der Waals surface area contributed by atoms with E-state index in [1.54, 1.807) is 32.6 Å².